The van der Waals surface area contributed by atoms with E-state index in [1.807, 2.05) is 6.92 Å². The van der Waals surface area contributed by atoms with Crippen molar-refractivity contribution in [3.8, 4) is 11.1 Å². The van der Waals surface area contributed by atoms with Crippen LogP contribution in [0.4, 0.5) is 32.0 Å². The van der Waals surface area contributed by atoms with E-state index in [-0.39, 0.29) is 0 Å². The zero-order chi connectivity index (χ0) is 18.8. The van der Waals surface area contributed by atoms with Crippen LogP contribution in [0.25, 0.3) is 11.1 Å². The second-order valence-corrected chi connectivity index (χ2v) is 5.64. The molecule has 0 saturated heterocycles. The number of nitrogens with one attached hydrogen (secondary N) is 1. The molecule has 0 bridgehead atoms. The van der Waals surface area contributed by atoms with Gasteiger partial charge < -0.3 is 5.32 Å². The second kappa shape index (κ2) is 6.98. The lowest BCUT2D eigenvalue weighted by atomic mass is 9.91. The van der Waals surface area contributed by atoms with Crippen LogP contribution in [-0.4, -0.2) is 7.05 Å². The Kier molecular flexibility index (Phi) is 5.34. The Labute approximate surface area is 141 Å². The van der Waals surface area contributed by atoms with Crippen LogP contribution in [0.1, 0.15) is 30.0 Å². The average Bonchev–Trinajstić information content (AvgIpc) is 2.52. The fraction of sp³-hybridized carbons (Fsp3) is 0.333. The Morgan fingerprint density at radius 3 is 1.80 bits per heavy atom. The average molecular weight is 361 g/mol. The first-order valence-electron chi connectivity index (χ1n) is 7.67. The number of halogens is 6. The third-order valence-corrected chi connectivity index (χ3v) is 3.83. The highest BCUT2D eigenvalue weighted by atomic mass is 19.4. The number of hydrogen-bond donors (Lipinski definition) is 1. The summed E-state index contributed by atoms with van der Waals surface area (Å²) in [5.41, 5.74) is -2.24. The van der Waals surface area contributed by atoms with E-state index < -0.39 is 34.6 Å². The van der Waals surface area contributed by atoms with E-state index in [0.29, 0.717) is 24.1 Å². The van der Waals surface area contributed by atoms with E-state index >= 15 is 0 Å². The maximum absolute atomic E-state index is 13.4. The van der Waals surface area contributed by atoms with Crippen molar-refractivity contribution < 1.29 is 26.3 Å². The van der Waals surface area contributed by atoms with E-state index in [4.69, 9.17) is 0 Å². The monoisotopic (exact) mass is 361 g/mol. The molecule has 2 aromatic carbocycles. The van der Waals surface area contributed by atoms with Crippen molar-refractivity contribution in [2.24, 2.45) is 0 Å². The molecule has 2 aromatic rings. The lowest BCUT2D eigenvalue weighted by molar-refractivity contribution is -0.139. The predicted octanol–water partition coefficient (Wildman–Crippen LogP) is 6.39. The van der Waals surface area contributed by atoms with Crippen LogP contribution in [-0.2, 0) is 18.8 Å². The molecule has 0 aliphatic rings. The minimum atomic E-state index is -4.76. The van der Waals surface area contributed by atoms with Gasteiger partial charge in [0.2, 0.25) is 0 Å². The first-order valence-corrected chi connectivity index (χ1v) is 7.67. The van der Waals surface area contributed by atoms with Gasteiger partial charge in [0.1, 0.15) is 0 Å². The van der Waals surface area contributed by atoms with Gasteiger partial charge in [-0.15, -0.1) is 0 Å². The van der Waals surface area contributed by atoms with E-state index in [9.17, 15) is 26.3 Å². The quantitative estimate of drug-likeness (QED) is 0.623. The summed E-state index contributed by atoms with van der Waals surface area (Å²) in [7, 11) is 1.49. The summed E-state index contributed by atoms with van der Waals surface area (Å²) in [6.45, 7) is 1.85. The zero-order valence-corrected chi connectivity index (χ0v) is 13.6. The summed E-state index contributed by atoms with van der Waals surface area (Å²) in [5, 5.41) is 2.67. The first-order chi connectivity index (χ1) is 11.6. The molecule has 0 unspecified atom stereocenters. The van der Waals surface area contributed by atoms with Crippen LogP contribution in [0, 0.1) is 0 Å². The molecule has 0 saturated carbocycles. The maximum atomic E-state index is 13.4. The number of rotatable bonds is 4. The van der Waals surface area contributed by atoms with Gasteiger partial charge in [-0.1, -0.05) is 25.5 Å². The van der Waals surface area contributed by atoms with E-state index in [0.717, 1.165) is 18.2 Å². The Morgan fingerprint density at radius 2 is 1.32 bits per heavy atom. The predicted molar refractivity (Wildman–Crippen MR) is 85.4 cm³/mol. The molecule has 0 fully saturated rings. The van der Waals surface area contributed by atoms with Crippen LogP contribution in [0.15, 0.2) is 36.4 Å². The Balaban J connectivity index is 2.80. The molecule has 0 radical (unpaired) electrons. The third-order valence-electron chi connectivity index (χ3n) is 3.83. The topological polar surface area (TPSA) is 12.0 Å². The van der Waals surface area contributed by atoms with Gasteiger partial charge >= 0.3 is 12.4 Å². The Morgan fingerprint density at radius 1 is 0.800 bits per heavy atom. The zero-order valence-electron chi connectivity index (χ0n) is 13.6. The van der Waals surface area contributed by atoms with Crippen molar-refractivity contribution in [3.63, 3.8) is 0 Å². The van der Waals surface area contributed by atoms with Gasteiger partial charge in [0.05, 0.1) is 11.1 Å². The summed E-state index contributed by atoms with van der Waals surface area (Å²) < 4.78 is 80.1. The van der Waals surface area contributed by atoms with Gasteiger partial charge in [-0.3, -0.25) is 0 Å². The molecule has 0 spiro atoms. The normalized spacial score (nSPS) is 12.3. The maximum Gasteiger partial charge on any atom is 0.417 e. The molecule has 25 heavy (non-hydrogen) atoms. The van der Waals surface area contributed by atoms with Gasteiger partial charge in [-0.25, -0.2) is 0 Å². The molecular weight excluding hydrogens is 344 g/mol. The smallest absolute Gasteiger partial charge is 0.388 e. The van der Waals surface area contributed by atoms with Gasteiger partial charge in [0.15, 0.2) is 0 Å². The highest BCUT2D eigenvalue weighted by Crippen LogP contribution is 2.43. The summed E-state index contributed by atoms with van der Waals surface area (Å²) in [6, 6.07) is 6.46. The molecule has 0 aliphatic carbocycles. The van der Waals surface area contributed by atoms with Gasteiger partial charge in [0, 0.05) is 12.7 Å². The standard InChI is InChI=1S/C18H17F6N/c1-3-4-11-5-7-15(17(19,20)21)13(9-11)14-10-12(25-2)6-8-16(14)18(22,23)24/h5-10,25H,3-4H2,1-2H3. The van der Waals surface area contributed by atoms with Crippen LogP contribution in [0.2, 0.25) is 0 Å². The van der Waals surface area contributed by atoms with Crippen molar-refractivity contribution in [1.29, 1.82) is 0 Å². The summed E-state index contributed by atoms with van der Waals surface area (Å²) in [5.74, 6) is 0. The summed E-state index contributed by atoms with van der Waals surface area (Å²) in [6.07, 6.45) is -8.35. The fourth-order valence-electron chi connectivity index (χ4n) is 2.68. The van der Waals surface area contributed by atoms with Crippen molar-refractivity contribution in [2.45, 2.75) is 32.1 Å². The largest absolute Gasteiger partial charge is 0.417 e. The number of hydrogen-bond acceptors (Lipinski definition) is 1. The van der Waals surface area contributed by atoms with Crippen molar-refractivity contribution in [3.05, 3.63) is 53.1 Å². The van der Waals surface area contributed by atoms with Crippen molar-refractivity contribution in [2.75, 3.05) is 12.4 Å². The number of alkyl halides is 6. The molecule has 7 heteroatoms. The van der Waals surface area contributed by atoms with E-state index in [2.05, 4.69) is 5.32 Å². The van der Waals surface area contributed by atoms with Crippen molar-refractivity contribution >= 4 is 5.69 Å². The summed E-state index contributed by atoms with van der Waals surface area (Å²) in [4.78, 5) is 0. The molecule has 0 atom stereocenters. The van der Waals surface area contributed by atoms with Crippen LogP contribution in [0.3, 0.4) is 0 Å². The van der Waals surface area contributed by atoms with Gasteiger partial charge in [-0.2, -0.15) is 26.3 Å². The molecular formula is C18H17F6N. The summed E-state index contributed by atoms with van der Waals surface area (Å²) >= 11 is 0. The van der Waals surface area contributed by atoms with Crippen LogP contribution >= 0.6 is 0 Å². The molecule has 1 N–H and O–H groups in total. The SMILES string of the molecule is CCCc1ccc(C(F)(F)F)c(-c2cc(NC)ccc2C(F)(F)F)c1. The third kappa shape index (κ3) is 4.27. The molecule has 0 heterocycles. The number of aryl methyl sites for hydroxylation is 1. The Hall–Kier alpha value is -2.18. The molecule has 0 aliphatic heterocycles. The highest BCUT2D eigenvalue weighted by Gasteiger charge is 2.38. The minimum Gasteiger partial charge on any atom is -0.388 e. The lowest BCUT2D eigenvalue weighted by Gasteiger charge is -2.19. The Bertz CT molecular complexity index is 746. The second-order valence-electron chi connectivity index (χ2n) is 5.64. The molecule has 0 aromatic heterocycles. The molecule has 1 nitrogen and oxygen atoms in total. The number of anilines is 1. The first kappa shape index (κ1) is 19.1. The fourth-order valence-corrected chi connectivity index (χ4v) is 2.68. The molecule has 136 valence electrons. The molecule has 0 amide bonds. The van der Waals surface area contributed by atoms with Crippen LogP contribution < -0.4 is 5.32 Å². The molecule has 2 rings (SSSR count). The van der Waals surface area contributed by atoms with Crippen LogP contribution in [0.5, 0.6) is 0 Å². The minimum absolute atomic E-state index is 0.303. The van der Waals surface area contributed by atoms with E-state index in [1.165, 1.54) is 25.2 Å². The number of benzene rings is 2. The van der Waals surface area contributed by atoms with Crippen molar-refractivity contribution in [1.82, 2.24) is 0 Å². The highest BCUT2D eigenvalue weighted by molar-refractivity contribution is 5.76. The lowest BCUT2D eigenvalue weighted by Crippen LogP contribution is -2.12. The van der Waals surface area contributed by atoms with Gasteiger partial charge in [-0.05, 0) is 47.4 Å². The van der Waals surface area contributed by atoms with E-state index in [1.54, 1.807) is 0 Å². The van der Waals surface area contributed by atoms with Gasteiger partial charge in [0.25, 0.3) is 0 Å².